The van der Waals surface area contributed by atoms with Crippen LogP contribution in [0, 0.1) is 0 Å². The van der Waals surface area contributed by atoms with Crippen molar-refractivity contribution in [1.82, 2.24) is 0 Å². The third-order valence-electron chi connectivity index (χ3n) is 5.32. The van der Waals surface area contributed by atoms with Crippen molar-refractivity contribution >= 4 is 27.3 Å². The standard InChI is InChI=1S/C28H26N2O4S/c1-2-34-26-13-9-10-24(20-26)29-28(31)23-18-16-22(17-19-23)21-30(25-11-5-3-6-12-25)35(32,33)27-14-7-4-8-15-27/h3-20H,2,21H2,1H3,(H,29,31). The average Bonchev–Trinajstić information content (AvgIpc) is 2.89. The molecule has 1 amide bonds. The summed E-state index contributed by atoms with van der Waals surface area (Å²) in [6.07, 6.45) is 0. The molecule has 6 nitrogen and oxygen atoms in total. The van der Waals surface area contributed by atoms with Crippen LogP contribution in [0.25, 0.3) is 0 Å². The van der Waals surface area contributed by atoms with Crippen LogP contribution in [0.4, 0.5) is 11.4 Å². The number of amides is 1. The van der Waals surface area contributed by atoms with Crippen molar-refractivity contribution in [3.63, 3.8) is 0 Å². The Morgan fingerprint density at radius 1 is 0.829 bits per heavy atom. The van der Waals surface area contributed by atoms with Crippen LogP contribution in [0.1, 0.15) is 22.8 Å². The van der Waals surface area contributed by atoms with Crippen molar-refractivity contribution in [2.45, 2.75) is 18.4 Å². The normalized spacial score (nSPS) is 11.0. The third-order valence-corrected chi connectivity index (χ3v) is 7.11. The van der Waals surface area contributed by atoms with E-state index >= 15 is 0 Å². The van der Waals surface area contributed by atoms with Gasteiger partial charge in [0, 0.05) is 17.3 Å². The van der Waals surface area contributed by atoms with Gasteiger partial charge >= 0.3 is 0 Å². The van der Waals surface area contributed by atoms with Crippen LogP contribution in [-0.4, -0.2) is 20.9 Å². The Hall–Kier alpha value is -4.10. The van der Waals surface area contributed by atoms with Gasteiger partial charge in [-0.25, -0.2) is 8.42 Å². The fourth-order valence-electron chi connectivity index (χ4n) is 3.59. The van der Waals surface area contributed by atoms with Crippen LogP contribution in [0.15, 0.2) is 114 Å². The molecule has 0 atom stereocenters. The zero-order valence-corrected chi connectivity index (χ0v) is 20.1. The van der Waals surface area contributed by atoms with Crippen molar-refractivity contribution in [1.29, 1.82) is 0 Å². The zero-order valence-electron chi connectivity index (χ0n) is 19.3. The molecule has 0 aliphatic carbocycles. The molecule has 4 aromatic rings. The van der Waals surface area contributed by atoms with Crippen molar-refractivity contribution in [3.8, 4) is 5.75 Å². The van der Waals surface area contributed by atoms with Gasteiger partial charge in [0.25, 0.3) is 15.9 Å². The highest BCUT2D eigenvalue weighted by Crippen LogP contribution is 2.26. The van der Waals surface area contributed by atoms with Gasteiger partial charge in [-0.05, 0) is 61.0 Å². The second kappa shape index (κ2) is 10.9. The fraction of sp³-hybridized carbons (Fsp3) is 0.107. The van der Waals surface area contributed by atoms with Gasteiger partial charge in [-0.1, -0.05) is 54.6 Å². The second-order valence-electron chi connectivity index (χ2n) is 7.77. The molecule has 7 heteroatoms. The predicted molar refractivity (Wildman–Crippen MR) is 138 cm³/mol. The van der Waals surface area contributed by atoms with Gasteiger partial charge in [-0.2, -0.15) is 0 Å². The Morgan fingerprint density at radius 2 is 1.49 bits per heavy atom. The number of carbonyl (C=O) groups excluding carboxylic acids is 1. The lowest BCUT2D eigenvalue weighted by molar-refractivity contribution is 0.102. The van der Waals surface area contributed by atoms with Crippen LogP contribution >= 0.6 is 0 Å². The number of carbonyl (C=O) groups is 1. The number of benzene rings is 4. The SMILES string of the molecule is CCOc1cccc(NC(=O)c2ccc(CN(c3ccccc3)S(=O)(=O)c3ccccc3)cc2)c1. The summed E-state index contributed by atoms with van der Waals surface area (Å²) in [7, 11) is -3.79. The maximum absolute atomic E-state index is 13.4. The van der Waals surface area contributed by atoms with Crippen LogP contribution in [0.5, 0.6) is 5.75 Å². The summed E-state index contributed by atoms with van der Waals surface area (Å²) in [4.78, 5) is 12.9. The summed E-state index contributed by atoms with van der Waals surface area (Å²) in [5.41, 5.74) is 2.41. The van der Waals surface area contributed by atoms with Gasteiger partial charge < -0.3 is 10.1 Å². The van der Waals surface area contributed by atoms with E-state index in [4.69, 9.17) is 4.74 Å². The average molecular weight is 487 g/mol. The van der Waals surface area contributed by atoms with E-state index in [0.29, 0.717) is 29.3 Å². The van der Waals surface area contributed by atoms with Gasteiger partial charge in [-0.3, -0.25) is 9.10 Å². The highest BCUT2D eigenvalue weighted by molar-refractivity contribution is 7.92. The van der Waals surface area contributed by atoms with Gasteiger partial charge in [0.2, 0.25) is 0 Å². The molecule has 0 spiro atoms. The van der Waals surface area contributed by atoms with E-state index in [1.165, 1.54) is 4.31 Å². The molecule has 0 unspecified atom stereocenters. The van der Waals surface area contributed by atoms with E-state index in [9.17, 15) is 13.2 Å². The van der Waals surface area contributed by atoms with Crippen LogP contribution in [0.2, 0.25) is 0 Å². The largest absolute Gasteiger partial charge is 0.494 e. The molecule has 0 saturated heterocycles. The van der Waals surface area contributed by atoms with Crippen LogP contribution < -0.4 is 14.4 Å². The van der Waals surface area contributed by atoms with Crippen molar-refractivity contribution < 1.29 is 17.9 Å². The molecule has 0 aliphatic heterocycles. The molecule has 4 aromatic carbocycles. The molecule has 0 saturated carbocycles. The minimum Gasteiger partial charge on any atom is -0.494 e. The Balaban J connectivity index is 1.54. The molecule has 0 heterocycles. The Morgan fingerprint density at radius 3 is 2.14 bits per heavy atom. The monoisotopic (exact) mass is 486 g/mol. The van der Waals surface area contributed by atoms with E-state index in [0.717, 1.165) is 5.56 Å². The number of hydrogen-bond donors (Lipinski definition) is 1. The van der Waals surface area contributed by atoms with Crippen LogP contribution in [-0.2, 0) is 16.6 Å². The summed E-state index contributed by atoms with van der Waals surface area (Å²) in [5.74, 6) is 0.420. The molecule has 0 aromatic heterocycles. The van der Waals surface area contributed by atoms with Gasteiger partial charge in [-0.15, -0.1) is 0 Å². The first-order valence-corrected chi connectivity index (χ1v) is 12.7. The summed E-state index contributed by atoms with van der Waals surface area (Å²) in [6.45, 7) is 2.56. The lowest BCUT2D eigenvalue weighted by atomic mass is 10.1. The van der Waals surface area contributed by atoms with Gasteiger partial charge in [0.05, 0.1) is 23.7 Å². The van der Waals surface area contributed by atoms with Gasteiger partial charge in [0.1, 0.15) is 5.75 Å². The number of hydrogen-bond acceptors (Lipinski definition) is 4. The molecular formula is C28H26N2O4S. The maximum Gasteiger partial charge on any atom is 0.264 e. The van der Waals surface area contributed by atoms with Crippen LogP contribution in [0.3, 0.4) is 0 Å². The first kappa shape index (κ1) is 24.0. The van der Waals surface area contributed by atoms with E-state index in [1.807, 2.05) is 25.1 Å². The molecule has 0 bridgehead atoms. The molecule has 0 radical (unpaired) electrons. The lowest BCUT2D eigenvalue weighted by Gasteiger charge is -2.25. The molecule has 0 fully saturated rings. The Bertz CT molecular complexity index is 1370. The summed E-state index contributed by atoms with van der Waals surface area (Å²) in [6, 6.07) is 31.4. The number of ether oxygens (including phenoxy) is 1. The van der Waals surface area contributed by atoms with E-state index in [-0.39, 0.29) is 17.3 Å². The fourth-order valence-corrected chi connectivity index (χ4v) is 5.06. The zero-order chi connectivity index (χ0) is 24.7. The maximum atomic E-state index is 13.4. The van der Waals surface area contributed by atoms with E-state index in [1.54, 1.807) is 91.0 Å². The first-order valence-electron chi connectivity index (χ1n) is 11.2. The molecule has 4 rings (SSSR count). The smallest absolute Gasteiger partial charge is 0.264 e. The number of rotatable bonds is 9. The molecule has 35 heavy (non-hydrogen) atoms. The number of sulfonamides is 1. The van der Waals surface area contributed by atoms with E-state index < -0.39 is 10.0 Å². The predicted octanol–water partition coefficient (Wildman–Crippen LogP) is 5.73. The minimum atomic E-state index is -3.79. The summed E-state index contributed by atoms with van der Waals surface area (Å²) >= 11 is 0. The summed E-state index contributed by atoms with van der Waals surface area (Å²) < 4.78 is 33.7. The number of para-hydroxylation sites is 1. The van der Waals surface area contributed by atoms with Crippen molar-refractivity contribution in [2.24, 2.45) is 0 Å². The second-order valence-corrected chi connectivity index (χ2v) is 9.63. The van der Waals surface area contributed by atoms with E-state index in [2.05, 4.69) is 5.32 Å². The quantitative estimate of drug-likeness (QED) is 0.328. The minimum absolute atomic E-state index is 0.125. The first-order chi connectivity index (χ1) is 17.0. The Kier molecular flexibility index (Phi) is 7.48. The lowest BCUT2D eigenvalue weighted by Crippen LogP contribution is -2.30. The number of nitrogens with one attached hydrogen (secondary N) is 1. The Labute approximate surface area is 205 Å². The topological polar surface area (TPSA) is 75.7 Å². The molecule has 0 aliphatic rings. The van der Waals surface area contributed by atoms with Gasteiger partial charge in [0.15, 0.2) is 0 Å². The molecule has 178 valence electrons. The highest BCUT2D eigenvalue weighted by Gasteiger charge is 2.25. The number of anilines is 2. The van der Waals surface area contributed by atoms with Crippen molar-refractivity contribution in [3.05, 3.63) is 120 Å². The molecular weight excluding hydrogens is 460 g/mol. The molecule has 1 N–H and O–H groups in total. The highest BCUT2D eigenvalue weighted by atomic mass is 32.2. The third kappa shape index (κ3) is 5.88. The number of nitrogens with zero attached hydrogens (tertiary/aromatic N) is 1. The van der Waals surface area contributed by atoms with Crippen molar-refractivity contribution in [2.75, 3.05) is 16.2 Å². The summed E-state index contributed by atoms with van der Waals surface area (Å²) in [5, 5.41) is 2.86.